The topological polar surface area (TPSA) is 38.3 Å². The van der Waals surface area contributed by atoms with E-state index in [2.05, 4.69) is 12.2 Å². The lowest BCUT2D eigenvalue weighted by Crippen LogP contribution is -2.47. The number of rotatable bonds is 9. The van der Waals surface area contributed by atoms with Crippen LogP contribution in [0, 0.1) is 0 Å². The minimum absolute atomic E-state index is 0.148. The van der Waals surface area contributed by atoms with Gasteiger partial charge in [-0.1, -0.05) is 39.5 Å². The third-order valence-corrected chi connectivity index (χ3v) is 2.61. The van der Waals surface area contributed by atoms with E-state index in [0.29, 0.717) is 6.61 Å². The van der Waals surface area contributed by atoms with Gasteiger partial charge in [0.05, 0.1) is 6.61 Å². The Labute approximate surface area is 99.9 Å². The highest BCUT2D eigenvalue weighted by Crippen LogP contribution is 2.07. The van der Waals surface area contributed by atoms with Crippen molar-refractivity contribution < 1.29 is 9.53 Å². The van der Waals surface area contributed by atoms with E-state index < -0.39 is 5.54 Å². The summed E-state index contributed by atoms with van der Waals surface area (Å²) in [5.74, 6) is -0.148. The van der Waals surface area contributed by atoms with Crippen LogP contribution in [-0.4, -0.2) is 24.7 Å². The maximum absolute atomic E-state index is 11.7. The van der Waals surface area contributed by atoms with E-state index in [4.69, 9.17) is 4.74 Å². The first-order chi connectivity index (χ1) is 7.54. The summed E-state index contributed by atoms with van der Waals surface area (Å²) in [6.07, 6.45) is 5.89. The van der Waals surface area contributed by atoms with E-state index in [0.717, 1.165) is 19.4 Å². The molecule has 0 aliphatic rings. The maximum Gasteiger partial charge on any atom is 0.325 e. The molecule has 0 aromatic rings. The number of carbonyl (C=O) groups excluding carboxylic acids is 1. The second-order valence-electron chi connectivity index (χ2n) is 4.71. The van der Waals surface area contributed by atoms with Gasteiger partial charge in [0.1, 0.15) is 5.54 Å². The SMILES string of the molecule is CCCCCCCOC(=O)C(C)(C)NCC. The Morgan fingerprint density at radius 1 is 1.12 bits per heavy atom. The van der Waals surface area contributed by atoms with Crippen LogP contribution in [0.5, 0.6) is 0 Å². The van der Waals surface area contributed by atoms with E-state index >= 15 is 0 Å². The number of unbranched alkanes of at least 4 members (excludes halogenated alkanes) is 4. The summed E-state index contributed by atoms with van der Waals surface area (Å²) in [6, 6.07) is 0. The molecule has 0 aromatic carbocycles. The molecule has 0 aliphatic heterocycles. The van der Waals surface area contributed by atoms with Crippen molar-refractivity contribution in [1.29, 1.82) is 0 Å². The quantitative estimate of drug-likeness (QED) is 0.488. The first kappa shape index (κ1) is 15.4. The van der Waals surface area contributed by atoms with Crippen molar-refractivity contribution in [3.63, 3.8) is 0 Å². The van der Waals surface area contributed by atoms with Crippen LogP contribution in [0.25, 0.3) is 0 Å². The molecule has 0 heterocycles. The van der Waals surface area contributed by atoms with Gasteiger partial charge in [0.15, 0.2) is 0 Å². The molecule has 96 valence electrons. The number of carbonyl (C=O) groups is 1. The lowest BCUT2D eigenvalue weighted by atomic mass is 10.1. The molecule has 0 saturated heterocycles. The highest BCUT2D eigenvalue weighted by Gasteiger charge is 2.27. The van der Waals surface area contributed by atoms with Crippen molar-refractivity contribution in [3.05, 3.63) is 0 Å². The molecule has 0 amide bonds. The standard InChI is InChI=1S/C13H27NO2/c1-5-7-8-9-10-11-16-12(15)13(3,4)14-6-2/h14H,5-11H2,1-4H3. The monoisotopic (exact) mass is 229 g/mol. The van der Waals surface area contributed by atoms with Crippen molar-refractivity contribution >= 4 is 5.97 Å². The fourth-order valence-electron chi connectivity index (χ4n) is 1.57. The molecular formula is C13H27NO2. The summed E-state index contributed by atoms with van der Waals surface area (Å²) in [6.45, 7) is 9.22. The second kappa shape index (κ2) is 8.57. The van der Waals surface area contributed by atoms with Gasteiger partial charge in [0.2, 0.25) is 0 Å². The molecule has 3 nitrogen and oxygen atoms in total. The Morgan fingerprint density at radius 2 is 1.75 bits per heavy atom. The molecular weight excluding hydrogens is 202 g/mol. The molecule has 0 atom stereocenters. The van der Waals surface area contributed by atoms with Gasteiger partial charge in [0, 0.05) is 0 Å². The number of hydrogen-bond acceptors (Lipinski definition) is 3. The second-order valence-corrected chi connectivity index (χ2v) is 4.71. The Morgan fingerprint density at radius 3 is 2.31 bits per heavy atom. The fourth-order valence-corrected chi connectivity index (χ4v) is 1.57. The minimum atomic E-state index is -0.557. The number of hydrogen-bond donors (Lipinski definition) is 1. The van der Waals surface area contributed by atoms with Crippen LogP contribution in [-0.2, 0) is 9.53 Å². The number of likely N-dealkylation sites (N-methyl/N-ethyl adjacent to an activating group) is 1. The lowest BCUT2D eigenvalue weighted by molar-refractivity contribution is -0.150. The smallest absolute Gasteiger partial charge is 0.325 e. The number of ether oxygens (including phenoxy) is 1. The van der Waals surface area contributed by atoms with Gasteiger partial charge in [-0.2, -0.15) is 0 Å². The molecule has 0 aliphatic carbocycles. The van der Waals surface area contributed by atoms with Gasteiger partial charge in [-0.05, 0) is 26.8 Å². The molecule has 0 rings (SSSR count). The van der Waals surface area contributed by atoms with Gasteiger partial charge >= 0.3 is 5.97 Å². The van der Waals surface area contributed by atoms with Crippen molar-refractivity contribution in [2.75, 3.05) is 13.2 Å². The van der Waals surface area contributed by atoms with Crippen LogP contribution in [0.1, 0.15) is 59.8 Å². The predicted octanol–water partition coefficient (Wildman–Crippen LogP) is 2.89. The van der Waals surface area contributed by atoms with E-state index in [-0.39, 0.29) is 5.97 Å². The Balaban J connectivity index is 3.57. The Bertz CT molecular complexity index is 190. The number of nitrogens with one attached hydrogen (secondary N) is 1. The van der Waals surface area contributed by atoms with Crippen LogP contribution in [0.4, 0.5) is 0 Å². The zero-order chi connectivity index (χ0) is 12.4. The fraction of sp³-hybridized carbons (Fsp3) is 0.923. The van der Waals surface area contributed by atoms with E-state index in [1.54, 1.807) is 0 Å². The molecule has 16 heavy (non-hydrogen) atoms. The molecule has 0 radical (unpaired) electrons. The molecule has 0 bridgehead atoms. The van der Waals surface area contributed by atoms with Crippen LogP contribution in [0.2, 0.25) is 0 Å². The van der Waals surface area contributed by atoms with E-state index in [1.807, 2.05) is 20.8 Å². The third-order valence-electron chi connectivity index (χ3n) is 2.61. The summed E-state index contributed by atoms with van der Waals surface area (Å²) >= 11 is 0. The van der Waals surface area contributed by atoms with Gasteiger partial charge in [-0.3, -0.25) is 4.79 Å². The average molecular weight is 229 g/mol. The normalized spacial score (nSPS) is 11.5. The molecule has 0 fully saturated rings. The van der Waals surface area contributed by atoms with Crippen molar-refractivity contribution in [3.8, 4) is 0 Å². The van der Waals surface area contributed by atoms with Crippen molar-refractivity contribution in [1.82, 2.24) is 5.32 Å². The zero-order valence-corrected chi connectivity index (χ0v) is 11.3. The van der Waals surface area contributed by atoms with E-state index in [1.165, 1.54) is 19.3 Å². The van der Waals surface area contributed by atoms with Crippen LogP contribution in [0.3, 0.4) is 0 Å². The summed E-state index contributed by atoms with van der Waals surface area (Å²) < 4.78 is 5.24. The third kappa shape index (κ3) is 6.83. The summed E-state index contributed by atoms with van der Waals surface area (Å²) in [4.78, 5) is 11.7. The molecule has 0 spiro atoms. The van der Waals surface area contributed by atoms with Gasteiger partial charge in [0.25, 0.3) is 0 Å². The highest BCUT2D eigenvalue weighted by molar-refractivity contribution is 5.79. The summed E-state index contributed by atoms with van der Waals surface area (Å²) in [7, 11) is 0. The number of esters is 1. The molecule has 0 unspecified atom stereocenters. The average Bonchev–Trinajstić information content (AvgIpc) is 2.22. The maximum atomic E-state index is 11.7. The van der Waals surface area contributed by atoms with Crippen LogP contribution < -0.4 is 5.32 Å². The molecule has 1 N–H and O–H groups in total. The summed E-state index contributed by atoms with van der Waals surface area (Å²) in [5.41, 5.74) is -0.557. The molecule has 0 aromatic heterocycles. The zero-order valence-electron chi connectivity index (χ0n) is 11.3. The molecule has 0 saturated carbocycles. The minimum Gasteiger partial charge on any atom is -0.464 e. The first-order valence-electron chi connectivity index (χ1n) is 6.46. The Kier molecular flexibility index (Phi) is 8.26. The van der Waals surface area contributed by atoms with Crippen LogP contribution in [0.15, 0.2) is 0 Å². The molecule has 3 heteroatoms. The predicted molar refractivity (Wildman–Crippen MR) is 67.5 cm³/mol. The Hall–Kier alpha value is -0.570. The van der Waals surface area contributed by atoms with Gasteiger partial charge in [-0.25, -0.2) is 0 Å². The lowest BCUT2D eigenvalue weighted by Gasteiger charge is -2.23. The highest BCUT2D eigenvalue weighted by atomic mass is 16.5. The largest absolute Gasteiger partial charge is 0.464 e. The van der Waals surface area contributed by atoms with Gasteiger partial charge < -0.3 is 10.1 Å². The van der Waals surface area contributed by atoms with Crippen LogP contribution >= 0.6 is 0 Å². The first-order valence-corrected chi connectivity index (χ1v) is 6.46. The van der Waals surface area contributed by atoms with Gasteiger partial charge in [-0.15, -0.1) is 0 Å². The van der Waals surface area contributed by atoms with E-state index in [9.17, 15) is 4.79 Å². The van der Waals surface area contributed by atoms with Crippen molar-refractivity contribution in [2.45, 2.75) is 65.3 Å². The van der Waals surface area contributed by atoms with Crippen molar-refractivity contribution in [2.24, 2.45) is 0 Å². The summed E-state index contributed by atoms with van der Waals surface area (Å²) in [5, 5.41) is 3.11.